The van der Waals surface area contributed by atoms with Crippen molar-refractivity contribution in [2.24, 2.45) is 11.8 Å². The molecule has 11 heteroatoms. The largest absolute Gasteiger partial charge is 0.465 e. The summed E-state index contributed by atoms with van der Waals surface area (Å²) in [5, 5.41) is 3.97. The maximum Gasteiger partial charge on any atom is 0.465 e. The van der Waals surface area contributed by atoms with Gasteiger partial charge in [-0.05, 0) is 50.4 Å². The summed E-state index contributed by atoms with van der Waals surface area (Å²) in [5.74, 6) is -3.08. The van der Waals surface area contributed by atoms with E-state index in [1.165, 1.54) is 0 Å². The van der Waals surface area contributed by atoms with Crippen molar-refractivity contribution in [1.82, 2.24) is 0 Å². The Hall–Kier alpha value is -1.33. The maximum absolute atomic E-state index is 13.1. The number of aliphatic hydroxyl groups excluding tert-OH is 1. The zero-order chi connectivity index (χ0) is 19.6. The Morgan fingerprint density at radius 2 is 1.96 bits per heavy atom. The second kappa shape index (κ2) is 7.73. The number of fused-ring (bicyclic) bond motifs is 2. The van der Waals surface area contributed by atoms with Crippen LogP contribution in [0, 0.1) is 11.8 Å². The standard InChI is InChI=1S/C15H22F2O8S/c16-15(17,26(21,22)23)13(20)24-9-12(19)25-14-4-1-2-10(7-14)6-11(8-14)3-5-18/h10-11,18H,1-9H2,(H,21,22,23). The second-order valence-corrected chi connectivity index (χ2v) is 8.47. The number of ether oxygens (including phenoxy) is 2. The number of hydrogen-bond donors (Lipinski definition) is 2. The lowest BCUT2D eigenvalue weighted by molar-refractivity contribution is -0.184. The van der Waals surface area contributed by atoms with Crippen molar-refractivity contribution in [1.29, 1.82) is 0 Å². The van der Waals surface area contributed by atoms with Gasteiger partial charge in [-0.15, -0.1) is 0 Å². The van der Waals surface area contributed by atoms with Crippen molar-refractivity contribution < 1.29 is 45.9 Å². The van der Waals surface area contributed by atoms with Gasteiger partial charge < -0.3 is 14.6 Å². The molecule has 26 heavy (non-hydrogen) atoms. The third-order valence-corrected chi connectivity index (χ3v) is 5.80. The van der Waals surface area contributed by atoms with Crippen LogP contribution in [0.5, 0.6) is 0 Å². The Morgan fingerprint density at radius 3 is 2.58 bits per heavy atom. The van der Waals surface area contributed by atoms with Crippen LogP contribution < -0.4 is 0 Å². The van der Waals surface area contributed by atoms with Crippen LogP contribution in [0.25, 0.3) is 0 Å². The average Bonchev–Trinajstić information content (AvgIpc) is 2.51. The van der Waals surface area contributed by atoms with Crippen molar-refractivity contribution in [3.63, 3.8) is 0 Å². The number of esters is 2. The third kappa shape index (κ3) is 4.68. The molecule has 2 aliphatic rings. The number of alkyl halides is 2. The van der Waals surface area contributed by atoms with Gasteiger partial charge in [0.1, 0.15) is 5.60 Å². The highest BCUT2D eigenvalue weighted by atomic mass is 32.2. The number of aliphatic hydroxyl groups is 1. The molecule has 2 bridgehead atoms. The molecule has 0 saturated heterocycles. The highest BCUT2D eigenvalue weighted by Crippen LogP contribution is 2.48. The van der Waals surface area contributed by atoms with Gasteiger partial charge in [0.15, 0.2) is 6.61 Å². The number of hydrogen-bond acceptors (Lipinski definition) is 7. The summed E-state index contributed by atoms with van der Waals surface area (Å²) in [7, 11) is -5.99. The monoisotopic (exact) mass is 400 g/mol. The number of rotatable bonds is 7. The van der Waals surface area contributed by atoms with Gasteiger partial charge in [0.2, 0.25) is 0 Å². The number of carbonyl (C=O) groups is 2. The Labute approximate surface area is 149 Å². The van der Waals surface area contributed by atoms with E-state index in [9.17, 15) is 26.8 Å². The Kier molecular flexibility index (Phi) is 6.24. The van der Waals surface area contributed by atoms with Gasteiger partial charge in [-0.2, -0.15) is 17.2 Å². The van der Waals surface area contributed by atoms with Gasteiger partial charge in [0.05, 0.1) is 0 Å². The molecule has 0 radical (unpaired) electrons. The Balaban J connectivity index is 1.95. The van der Waals surface area contributed by atoms with Gasteiger partial charge in [0.25, 0.3) is 0 Å². The molecule has 2 aliphatic carbocycles. The van der Waals surface area contributed by atoms with Crippen LogP contribution in [0.3, 0.4) is 0 Å². The lowest BCUT2D eigenvalue weighted by Gasteiger charge is -2.47. The number of carbonyl (C=O) groups excluding carboxylic acids is 2. The van der Waals surface area contributed by atoms with E-state index in [2.05, 4.69) is 4.74 Å². The SMILES string of the molecule is O=C(COC(=O)C(F)(F)S(=O)(=O)O)OC12CCCC(CC(CCO)C1)C2. The lowest BCUT2D eigenvalue weighted by Crippen LogP contribution is -2.47. The molecule has 3 atom stereocenters. The van der Waals surface area contributed by atoms with Crippen molar-refractivity contribution in [3.05, 3.63) is 0 Å². The van der Waals surface area contributed by atoms with E-state index < -0.39 is 39.5 Å². The summed E-state index contributed by atoms with van der Waals surface area (Å²) in [6, 6.07) is 0. The van der Waals surface area contributed by atoms with Gasteiger partial charge in [-0.3, -0.25) is 4.55 Å². The molecule has 0 aromatic heterocycles. The predicted molar refractivity (Wildman–Crippen MR) is 82.7 cm³/mol. The first-order valence-electron chi connectivity index (χ1n) is 8.34. The molecule has 0 spiro atoms. The zero-order valence-electron chi connectivity index (χ0n) is 14.0. The zero-order valence-corrected chi connectivity index (χ0v) is 14.8. The molecule has 0 amide bonds. The Morgan fingerprint density at radius 1 is 1.27 bits per heavy atom. The normalized spacial score (nSPS) is 29.1. The summed E-state index contributed by atoms with van der Waals surface area (Å²) >= 11 is 0. The minimum atomic E-state index is -5.99. The van der Waals surface area contributed by atoms with Gasteiger partial charge >= 0.3 is 27.3 Å². The predicted octanol–water partition coefficient (Wildman–Crippen LogP) is 1.27. The van der Waals surface area contributed by atoms with E-state index in [0.29, 0.717) is 31.6 Å². The van der Waals surface area contributed by atoms with Crippen molar-refractivity contribution >= 4 is 22.1 Å². The molecule has 0 aliphatic heterocycles. The number of halogens is 2. The maximum atomic E-state index is 13.1. The van der Waals surface area contributed by atoms with Crippen LogP contribution in [-0.4, -0.2) is 54.1 Å². The van der Waals surface area contributed by atoms with Crippen LogP contribution >= 0.6 is 0 Å². The molecule has 3 unspecified atom stereocenters. The quantitative estimate of drug-likeness (QED) is 0.483. The fourth-order valence-corrected chi connectivity index (χ4v) is 4.30. The van der Waals surface area contributed by atoms with Crippen LogP contribution in [0.1, 0.15) is 44.9 Å². The van der Waals surface area contributed by atoms with E-state index in [1.54, 1.807) is 0 Å². The van der Waals surface area contributed by atoms with Gasteiger partial charge in [0, 0.05) is 6.61 Å². The molecule has 0 aromatic carbocycles. The van der Waals surface area contributed by atoms with E-state index in [0.717, 1.165) is 19.3 Å². The van der Waals surface area contributed by atoms with E-state index in [4.69, 9.17) is 14.4 Å². The molecule has 2 rings (SSSR count). The lowest BCUT2D eigenvalue weighted by atomic mass is 9.64. The fourth-order valence-electron chi connectivity index (χ4n) is 4.03. The Bertz CT molecular complexity index is 650. The van der Waals surface area contributed by atoms with E-state index >= 15 is 0 Å². The molecular weight excluding hydrogens is 378 g/mol. The molecular formula is C15H22F2O8S. The smallest absolute Gasteiger partial charge is 0.457 e. The van der Waals surface area contributed by atoms with Crippen LogP contribution in [0.15, 0.2) is 0 Å². The molecule has 0 heterocycles. The third-order valence-electron chi connectivity index (χ3n) is 4.98. The first-order chi connectivity index (χ1) is 12.0. The highest BCUT2D eigenvalue weighted by Gasteiger charge is 2.54. The van der Waals surface area contributed by atoms with Gasteiger partial charge in [-0.1, -0.05) is 6.42 Å². The second-order valence-electron chi connectivity index (χ2n) is 7.01. The summed E-state index contributed by atoms with van der Waals surface area (Å²) in [6.07, 6.45) is 5.06. The van der Waals surface area contributed by atoms with Crippen molar-refractivity contribution in [3.8, 4) is 0 Å². The van der Waals surface area contributed by atoms with Crippen LogP contribution in [0.2, 0.25) is 0 Å². The fraction of sp³-hybridized carbons (Fsp3) is 0.867. The molecule has 2 saturated carbocycles. The summed E-state index contributed by atoms with van der Waals surface area (Å²) in [5.41, 5.74) is -0.782. The summed E-state index contributed by atoms with van der Waals surface area (Å²) in [6.45, 7) is -1.16. The first-order valence-corrected chi connectivity index (χ1v) is 9.78. The average molecular weight is 400 g/mol. The van der Waals surface area contributed by atoms with Crippen LogP contribution in [0.4, 0.5) is 8.78 Å². The van der Waals surface area contributed by atoms with Crippen molar-refractivity contribution in [2.75, 3.05) is 13.2 Å². The topological polar surface area (TPSA) is 127 Å². The molecule has 150 valence electrons. The van der Waals surface area contributed by atoms with E-state index in [-0.39, 0.29) is 12.5 Å². The summed E-state index contributed by atoms with van der Waals surface area (Å²) < 4.78 is 64.8. The molecule has 2 N–H and O–H groups in total. The highest BCUT2D eigenvalue weighted by molar-refractivity contribution is 7.87. The first kappa shape index (κ1) is 21.0. The van der Waals surface area contributed by atoms with Crippen molar-refractivity contribution in [2.45, 2.75) is 55.8 Å². The minimum Gasteiger partial charge on any atom is -0.457 e. The van der Waals surface area contributed by atoms with Crippen LogP contribution in [-0.2, 0) is 29.2 Å². The molecule has 2 fully saturated rings. The van der Waals surface area contributed by atoms with Gasteiger partial charge in [-0.25, -0.2) is 9.59 Å². The van der Waals surface area contributed by atoms with E-state index in [1.807, 2.05) is 0 Å². The minimum absolute atomic E-state index is 0.0176. The molecule has 8 nitrogen and oxygen atoms in total. The summed E-state index contributed by atoms with van der Waals surface area (Å²) in [4.78, 5) is 23.1. The molecule has 0 aromatic rings.